The third kappa shape index (κ3) is 0.628. The molecule has 0 spiro atoms. The van der Waals surface area contributed by atoms with Crippen LogP contribution in [0.25, 0.3) is 0 Å². The molecule has 2 saturated heterocycles. The summed E-state index contributed by atoms with van der Waals surface area (Å²) >= 11 is 0. The zero-order valence-corrected chi connectivity index (χ0v) is 5.30. The summed E-state index contributed by atoms with van der Waals surface area (Å²) in [4.78, 5) is 10.1. The van der Waals surface area contributed by atoms with E-state index in [0.29, 0.717) is 17.9 Å². The Kier molecular flexibility index (Phi) is 0.943. The minimum absolute atomic E-state index is 0.298. The standard InChI is InChI=1S/C7H10O2/c8-2-1-7-3-6(4-7)9-5-7/h2,6H,1,3-5H2. The van der Waals surface area contributed by atoms with E-state index in [0.717, 1.165) is 25.7 Å². The maximum absolute atomic E-state index is 10.1. The van der Waals surface area contributed by atoms with E-state index in [9.17, 15) is 4.79 Å². The topological polar surface area (TPSA) is 26.3 Å². The number of rotatable bonds is 2. The van der Waals surface area contributed by atoms with Crippen molar-refractivity contribution in [2.75, 3.05) is 6.61 Å². The highest BCUT2D eigenvalue weighted by molar-refractivity contribution is 5.51. The van der Waals surface area contributed by atoms with Crippen LogP contribution in [-0.2, 0) is 9.53 Å². The van der Waals surface area contributed by atoms with Crippen molar-refractivity contribution in [2.45, 2.75) is 25.4 Å². The van der Waals surface area contributed by atoms with Gasteiger partial charge >= 0.3 is 0 Å². The van der Waals surface area contributed by atoms with Crippen molar-refractivity contribution in [1.29, 1.82) is 0 Å². The number of aldehydes is 1. The highest BCUT2D eigenvalue weighted by Crippen LogP contribution is 2.51. The molecule has 1 saturated carbocycles. The molecule has 0 radical (unpaired) electrons. The average Bonchev–Trinajstić information content (AvgIpc) is 2.22. The van der Waals surface area contributed by atoms with E-state index >= 15 is 0 Å². The summed E-state index contributed by atoms with van der Waals surface area (Å²) in [6.07, 6.45) is 4.50. The van der Waals surface area contributed by atoms with Gasteiger partial charge in [-0.3, -0.25) is 0 Å². The van der Waals surface area contributed by atoms with Gasteiger partial charge in [-0.1, -0.05) is 0 Å². The summed E-state index contributed by atoms with van der Waals surface area (Å²) in [6, 6.07) is 0. The fraction of sp³-hybridized carbons (Fsp3) is 0.857. The molecule has 0 atom stereocenters. The van der Waals surface area contributed by atoms with Gasteiger partial charge in [-0.25, -0.2) is 0 Å². The molecule has 0 N–H and O–H groups in total. The van der Waals surface area contributed by atoms with E-state index < -0.39 is 0 Å². The van der Waals surface area contributed by atoms with Crippen LogP contribution in [0.5, 0.6) is 0 Å². The van der Waals surface area contributed by atoms with Gasteiger partial charge in [-0.15, -0.1) is 0 Å². The van der Waals surface area contributed by atoms with Crippen molar-refractivity contribution in [3.63, 3.8) is 0 Å². The zero-order chi connectivity index (χ0) is 6.32. The van der Waals surface area contributed by atoms with Gasteiger partial charge in [0.1, 0.15) is 6.29 Å². The van der Waals surface area contributed by atoms with Crippen LogP contribution in [-0.4, -0.2) is 19.0 Å². The smallest absolute Gasteiger partial charge is 0.120 e. The van der Waals surface area contributed by atoms with Gasteiger partial charge in [0.25, 0.3) is 0 Å². The second-order valence-corrected chi connectivity index (χ2v) is 3.21. The Balaban J connectivity index is 2.02. The van der Waals surface area contributed by atoms with Gasteiger partial charge < -0.3 is 9.53 Å². The van der Waals surface area contributed by atoms with Gasteiger partial charge in [-0.05, 0) is 12.8 Å². The van der Waals surface area contributed by atoms with Crippen molar-refractivity contribution >= 4 is 6.29 Å². The lowest BCUT2D eigenvalue weighted by Crippen LogP contribution is -2.32. The lowest BCUT2D eigenvalue weighted by atomic mass is 9.68. The molecule has 3 aliphatic rings. The molecule has 0 aromatic carbocycles. The van der Waals surface area contributed by atoms with Crippen molar-refractivity contribution in [2.24, 2.45) is 5.41 Å². The Hall–Kier alpha value is -0.370. The molecular formula is C7H10O2. The van der Waals surface area contributed by atoms with E-state index in [1.807, 2.05) is 0 Å². The van der Waals surface area contributed by atoms with E-state index in [-0.39, 0.29) is 0 Å². The molecule has 2 aliphatic heterocycles. The van der Waals surface area contributed by atoms with Crippen LogP contribution in [0.1, 0.15) is 19.3 Å². The molecule has 9 heavy (non-hydrogen) atoms. The number of ether oxygens (including phenoxy) is 1. The molecule has 3 rings (SSSR count). The predicted molar refractivity (Wildman–Crippen MR) is 32.1 cm³/mol. The number of carbonyl (C=O) groups excluding carboxylic acids is 1. The van der Waals surface area contributed by atoms with E-state index in [1.54, 1.807) is 0 Å². The molecule has 2 heteroatoms. The molecule has 50 valence electrons. The van der Waals surface area contributed by atoms with Gasteiger partial charge in [-0.2, -0.15) is 0 Å². The molecule has 1 aliphatic carbocycles. The van der Waals surface area contributed by atoms with Crippen molar-refractivity contribution < 1.29 is 9.53 Å². The Morgan fingerprint density at radius 3 is 2.89 bits per heavy atom. The van der Waals surface area contributed by atoms with E-state index in [2.05, 4.69) is 0 Å². The first-order valence-corrected chi connectivity index (χ1v) is 3.40. The summed E-state index contributed by atoms with van der Waals surface area (Å²) in [5.41, 5.74) is 0.298. The summed E-state index contributed by atoms with van der Waals surface area (Å²) in [6.45, 7) is 0.830. The molecule has 0 aromatic rings. The SMILES string of the molecule is O=CCC12COC(C1)C2. The highest BCUT2D eigenvalue weighted by Gasteiger charge is 2.51. The van der Waals surface area contributed by atoms with Crippen LogP contribution in [0.4, 0.5) is 0 Å². The molecule has 3 fully saturated rings. The lowest BCUT2D eigenvalue weighted by molar-refractivity contribution is -0.110. The lowest BCUT2D eigenvalue weighted by Gasteiger charge is -2.33. The Morgan fingerprint density at radius 2 is 2.44 bits per heavy atom. The Bertz CT molecular complexity index is 130. The number of fused-ring (bicyclic) bond motifs is 1. The molecule has 0 amide bonds. The van der Waals surface area contributed by atoms with Crippen molar-refractivity contribution in [1.82, 2.24) is 0 Å². The molecular weight excluding hydrogens is 116 g/mol. The van der Waals surface area contributed by atoms with Crippen LogP contribution in [0.2, 0.25) is 0 Å². The second kappa shape index (κ2) is 1.57. The van der Waals surface area contributed by atoms with E-state index in [1.165, 1.54) is 0 Å². The maximum atomic E-state index is 10.1. The minimum atomic E-state index is 0.298. The largest absolute Gasteiger partial charge is 0.378 e. The maximum Gasteiger partial charge on any atom is 0.120 e. The minimum Gasteiger partial charge on any atom is -0.378 e. The third-order valence-corrected chi connectivity index (χ3v) is 2.46. The van der Waals surface area contributed by atoms with Gasteiger partial charge in [0.2, 0.25) is 0 Å². The molecule has 0 unspecified atom stereocenters. The highest BCUT2D eigenvalue weighted by atomic mass is 16.5. The van der Waals surface area contributed by atoms with Crippen LogP contribution >= 0.6 is 0 Å². The van der Waals surface area contributed by atoms with E-state index in [4.69, 9.17) is 4.74 Å². The molecule has 0 aromatic heterocycles. The van der Waals surface area contributed by atoms with Crippen molar-refractivity contribution in [3.05, 3.63) is 0 Å². The fourth-order valence-corrected chi connectivity index (χ4v) is 1.84. The van der Waals surface area contributed by atoms with Crippen LogP contribution in [0, 0.1) is 5.41 Å². The summed E-state index contributed by atoms with van der Waals surface area (Å²) in [7, 11) is 0. The quantitative estimate of drug-likeness (QED) is 0.510. The summed E-state index contributed by atoms with van der Waals surface area (Å²) < 4.78 is 5.32. The normalized spacial score (nSPS) is 46.4. The Labute approximate surface area is 54.2 Å². The monoisotopic (exact) mass is 126 g/mol. The average molecular weight is 126 g/mol. The van der Waals surface area contributed by atoms with Crippen molar-refractivity contribution in [3.8, 4) is 0 Å². The fourth-order valence-electron chi connectivity index (χ4n) is 1.84. The molecule has 2 nitrogen and oxygen atoms in total. The predicted octanol–water partition coefficient (Wildman–Crippen LogP) is 0.754. The van der Waals surface area contributed by atoms with Gasteiger partial charge in [0.15, 0.2) is 0 Å². The Morgan fingerprint density at radius 1 is 1.67 bits per heavy atom. The second-order valence-electron chi connectivity index (χ2n) is 3.21. The molecule has 2 heterocycles. The number of carbonyl (C=O) groups is 1. The summed E-state index contributed by atoms with van der Waals surface area (Å²) in [5, 5.41) is 0. The first-order valence-electron chi connectivity index (χ1n) is 3.40. The van der Waals surface area contributed by atoms with Crippen LogP contribution < -0.4 is 0 Å². The first kappa shape index (κ1) is 5.42. The molecule has 2 bridgehead atoms. The van der Waals surface area contributed by atoms with Gasteiger partial charge in [0.05, 0.1) is 12.7 Å². The third-order valence-electron chi connectivity index (χ3n) is 2.46. The number of hydrogen-bond acceptors (Lipinski definition) is 2. The van der Waals surface area contributed by atoms with Crippen LogP contribution in [0.15, 0.2) is 0 Å². The first-order chi connectivity index (χ1) is 4.35. The van der Waals surface area contributed by atoms with Gasteiger partial charge in [0, 0.05) is 11.8 Å². The number of hydrogen-bond donors (Lipinski definition) is 0. The zero-order valence-electron chi connectivity index (χ0n) is 5.30. The van der Waals surface area contributed by atoms with Crippen LogP contribution in [0.3, 0.4) is 0 Å². The summed E-state index contributed by atoms with van der Waals surface area (Å²) in [5.74, 6) is 0.